The van der Waals surface area contributed by atoms with Gasteiger partial charge in [0.2, 0.25) is 5.88 Å². The second-order valence-corrected chi connectivity index (χ2v) is 12.2. The highest BCUT2D eigenvalue weighted by Crippen LogP contribution is 2.40. The molecule has 3 aromatic heterocycles. The first-order valence-corrected chi connectivity index (χ1v) is 15.2. The number of halogens is 1. The smallest absolute Gasteiger partial charge is 0.269 e. The number of methoxy groups -OCH3 is 1. The molecule has 1 aliphatic rings. The van der Waals surface area contributed by atoms with Crippen LogP contribution in [0.4, 0.5) is 4.39 Å². The summed E-state index contributed by atoms with van der Waals surface area (Å²) in [6.07, 6.45) is 5.94. The lowest BCUT2D eigenvalue weighted by Gasteiger charge is -2.22. The number of hydrogen-bond donors (Lipinski definition) is 1. The number of ether oxygens (including phenoxy) is 1. The summed E-state index contributed by atoms with van der Waals surface area (Å²) >= 11 is 0. The van der Waals surface area contributed by atoms with Crippen molar-refractivity contribution in [1.82, 2.24) is 24.1 Å². The summed E-state index contributed by atoms with van der Waals surface area (Å²) in [6.45, 7) is 5.65. The van der Waals surface area contributed by atoms with Crippen molar-refractivity contribution in [3.63, 3.8) is 0 Å². The SMILES string of the molecule is CCc1c(-c2cccc(F)c2)c2cc(-c3cn(C4CCNCC4)nc3OC)cnc2n1S(=O)(=O)c1ccc(C)cc1. The van der Waals surface area contributed by atoms with Crippen molar-refractivity contribution in [3.05, 3.63) is 84.1 Å². The molecule has 1 saturated heterocycles. The summed E-state index contributed by atoms with van der Waals surface area (Å²) in [7, 11) is -2.42. The van der Waals surface area contributed by atoms with Gasteiger partial charge in [0.25, 0.3) is 10.0 Å². The van der Waals surface area contributed by atoms with Crippen LogP contribution in [-0.4, -0.2) is 47.4 Å². The molecule has 6 rings (SSSR count). The second kappa shape index (κ2) is 10.8. The van der Waals surface area contributed by atoms with Crippen LogP contribution in [0.1, 0.15) is 37.1 Å². The number of aromatic nitrogens is 4. The molecule has 1 fully saturated rings. The molecule has 41 heavy (non-hydrogen) atoms. The van der Waals surface area contributed by atoms with Gasteiger partial charge >= 0.3 is 0 Å². The van der Waals surface area contributed by atoms with E-state index < -0.39 is 15.8 Å². The first-order chi connectivity index (χ1) is 19.8. The number of aryl methyl sites for hydroxylation is 1. The van der Waals surface area contributed by atoms with Gasteiger partial charge in [-0.25, -0.2) is 21.8 Å². The van der Waals surface area contributed by atoms with Gasteiger partial charge in [-0.15, -0.1) is 5.10 Å². The minimum Gasteiger partial charge on any atom is -0.479 e. The molecular weight excluding hydrogens is 541 g/mol. The maximum Gasteiger partial charge on any atom is 0.269 e. The van der Waals surface area contributed by atoms with Gasteiger partial charge < -0.3 is 10.1 Å². The molecule has 212 valence electrons. The Morgan fingerprint density at radius 2 is 1.83 bits per heavy atom. The predicted octanol–water partition coefficient (Wildman–Crippen LogP) is 5.75. The monoisotopic (exact) mass is 573 g/mol. The minimum absolute atomic E-state index is 0.163. The highest BCUT2D eigenvalue weighted by Gasteiger charge is 2.29. The van der Waals surface area contributed by atoms with Crippen LogP contribution in [-0.2, 0) is 16.4 Å². The van der Waals surface area contributed by atoms with Crippen LogP contribution >= 0.6 is 0 Å². The summed E-state index contributed by atoms with van der Waals surface area (Å²) in [5.74, 6) is 0.0697. The Morgan fingerprint density at radius 1 is 1.07 bits per heavy atom. The number of rotatable bonds is 7. The third-order valence-corrected chi connectivity index (χ3v) is 9.50. The van der Waals surface area contributed by atoms with Crippen molar-refractivity contribution in [2.75, 3.05) is 20.2 Å². The quantitative estimate of drug-likeness (QED) is 0.267. The van der Waals surface area contributed by atoms with Gasteiger partial charge in [0, 0.05) is 34.6 Å². The first-order valence-electron chi connectivity index (χ1n) is 13.8. The number of piperidine rings is 1. The van der Waals surface area contributed by atoms with Crippen molar-refractivity contribution < 1.29 is 17.5 Å². The fourth-order valence-electron chi connectivity index (χ4n) is 5.68. The molecule has 8 nitrogen and oxygen atoms in total. The maximum atomic E-state index is 14.5. The van der Waals surface area contributed by atoms with Gasteiger partial charge in [-0.3, -0.25) is 4.68 Å². The largest absolute Gasteiger partial charge is 0.479 e. The molecule has 0 saturated carbocycles. The lowest BCUT2D eigenvalue weighted by atomic mass is 10.00. The third-order valence-electron chi connectivity index (χ3n) is 7.75. The standard InChI is InChI=1S/C31H32FN5O3S/c1-4-28-29(21-6-5-7-23(32)16-21)26-17-22(27-19-36(35-31(27)40-3)24-12-14-33-15-13-24)18-34-30(26)37(28)41(38,39)25-10-8-20(2)9-11-25/h5-11,16-19,24,33H,4,12-15H2,1-3H3. The lowest BCUT2D eigenvalue weighted by Crippen LogP contribution is -2.29. The van der Waals surface area contributed by atoms with E-state index in [4.69, 9.17) is 14.8 Å². The van der Waals surface area contributed by atoms with E-state index in [0.717, 1.165) is 42.6 Å². The molecule has 1 aliphatic heterocycles. The zero-order valence-corrected chi connectivity index (χ0v) is 24.1. The molecule has 0 radical (unpaired) electrons. The van der Waals surface area contributed by atoms with Crippen LogP contribution < -0.4 is 10.1 Å². The van der Waals surface area contributed by atoms with E-state index >= 15 is 0 Å². The summed E-state index contributed by atoms with van der Waals surface area (Å²) in [5.41, 5.74) is 4.50. The molecule has 0 atom stereocenters. The average molecular weight is 574 g/mol. The van der Waals surface area contributed by atoms with Crippen molar-refractivity contribution in [2.24, 2.45) is 0 Å². The number of hydrogen-bond acceptors (Lipinski definition) is 6. The summed E-state index contributed by atoms with van der Waals surface area (Å²) in [4.78, 5) is 4.89. The van der Waals surface area contributed by atoms with E-state index in [1.165, 1.54) is 16.1 Å². The molecule has 10 heteroatoms. The summed E-state index contributed by atoms with van der Waals surface area (Å²) in [5, 5.41) is 8.70. The van der Waals surface area contributed by atoms with Gasteiger partial charge in [0.15, 0.2) is 5.65 Å². The maximum absolute atomic E-state index is 14.5. The Bertz CT molecular complexity index is 1840. The van der Waals surface area contributed by atoms with Crippen molar-refractivity contribution in [2.45, 2.75) is 44.0 Å². The average Bonchev–Trinajstić information content (AvgIpc) is 3.57. The van der Waals surface area contributed by atoms with Gasteiger partial charge in [-0.2, -0.15) is 0 Å². The van der Waals surface area contributed by atoms with E-state index in [2.05, 4.69) is 5.32 Å². The highest BCUT2D eigenvalue weighted by atomic mass is 32.2. The van der Waals surface area contributed by atoms with Gasteiger partial charge in [0.1, 0.15) is 5.82 Å². The molecule has 2 aromatic carbocycles. The first kappa shape index (κ1) is 27.2. The van der Waals surface area contributed by atoms with Crippen molar-refractivity contribution in [3.8, 4) is 28.1 Å². The number of nitrogens with zero attached hydrogens (tertiary/aromatic N) is 4. The Balaban J connectivity index is 1.60. The second-order valence-electron chi connectivity index (χ2n) is 10.4. The molecule has 0 aliphatic carbocycles. The zero-order valence-electron chi connectivity index (χ0n) is 23.3. The van der Waals surface area contributed by atoms with Gasteiger partial charge in [-0.1, -0.05) is 36.8 Å². The number of fused-ring (bicyclic) bond motifs is 1. The van der Waals surface area contributed by atoms with Crippen LogP contribution in [0.15, 0.2) is 71.9 Å². The molecule has 0 amide bonds. The Labute approximate surface area is 238 Å². The topological polar surface area (TPSA) is 91.0 Å². The summed E-state index contributed by atoms with van der Waals surface area (Å²) in [6, 6.07) is 15.2. The highest BCUT2D eigenvalue weighted by molar-refractivity contribution is 7.90. The Morgan fingerprint density at radius 3 is 2.51 bits per heavy atom. The molecule has 4 heterocycles. The minimum atomic E-state index is -4.01. The fraction of sp³-hybridized carbons (Fsp3) is 0.290. The normalized spacial score (nSPS) is 14.5. The predicted molar refractivity (Wildman–Crippen MR) is 157 cm³/mol. The van der Waals surface area contributed by atoms with E-state index in [0.29, 0.717) is 34.5 Å². The van der Waals surface area contributed by atoms with Crippen LogP contribution in [0, 0.1) is 12.7 Å². The lowest BCUT2D eigenvalue weighted by molar-refractivity contribution is 0.327. The van der Waals surface area contributed by atoms with E-state index in [1.807, 2.05) is 30.8 Å². The van der Waals surface area contributed by atoms with Gasteiger partial charge in [-0.05, 0) is 75.2 Å². The Kier molecular flexibility index (Phi) is 7.13. The number of benzene rings is 2. The molecule has 0 bridgehead atoms. The van der Waals surface area contributed by atoms with Gasteiger partial charge in [0.05, 0.1) is 23.6 Å². The van der Waals surface area contributed by atoms with Crippen molar-refractivity contribution in [1.29, 1.82) is 0 Å². The van der Waals surface area contributed by atoms with Crippen LogP contribution in [0.5, 0.6) is 5.88 Å². The Hall–Kier alpha value is -4.02. The fourth-order valence-corrected chi connectivity index (χ4v) is 7.25. The van der Waals surface area contributed by atoms with Crippen LogP contribution in [0.3, 0.4) is 0 Å². The van der Waals surface area contributed by atoms with E-state index in [9.17, 15) is 12.8 Å². The zero-order chi connectivity index (χ0) is 28.7. The number of nitrogens with one attached hydrogen (secondary N) is 1. The number of pyridine rings is 1. The molecule has 0 spiro atoms. The molecule has 5 aromatic rings. The molecular formula is C31H32FN5O3S. The molecule has 0 unspecified atom stereocenters. The van der Waals surface area contributed by atoms with Crippen molar-refractivity contribution >= 4 is 21.1 Å². The van der Waals surface area contributed by atoms with Crippen LogP contribution in [0.2, 0.25) is 0 Å². The summed E-state index contributed by atoms with van der Waals surface area (Å²) < 4.78 is 51.6. The third kappa shape index (κ3) is 4.81. The molecule has 1 N–H and O–H groups in total. The van der Waals surface area contributed by atoms with Crippen LogP contribution in [0.25, 0.3) is 33.3 Å². The van der Waals surface area contributed by atoms with E-state index in [1.54, 1.807) is 49.7 Å². The van der Waals surface area contributed by atoms with E-state index in [-0.39, 0.29) is 16.6 Å².